The lowest BCUT2D eigenvalue weighted by Gasteiger charge is -2.10. The number of nitrogens with zero attached hydrogens (tertiary/aromatic N) is 1. The molecular weight excluding hydrogens is 338 g/mol. The third-order valence-electron chi connectivity index (χ3n) is 3.91. The van der Waals surface area contributed by atoms with E-state index in [4.69, 9.17) is 16.3 Å². The largest absolute Gasteiger partial charge is 0.496 e. The quantitative estimate of drug-likeness (QED) is 0.727. The summed E-state index contributed by atoms with van der Waals surface area (Å²) in [7, 11) is 1.51. The van der Waals surface area contributed by atoms with E-state index in [1.54, 1.807) is 24.4 Å². The van der Waals surface area contributed by atoms with Crippen molar-refractivity contribution < 1.29 is 9.53 Å². The van der Waals surface area contributed by atoms with E-state index in [-0.39, 0.29) is 5.91 Å². The number of aromatic nitrogens is 2. The second-order valence-corrected chi connectivity index (χ2v) is 6.10. The lowest BCUT2D eigenvalue weighted by Crippen LogP contribution is -2.23. The maximum Gasteiger partial charge on any atom is 0.255 e. The molecule has 128 valence electrons. The Hall–Kier alpha value is -2.79. The molecule has 0 saturated heterocycles. The number of aromatic amines is 1. The highest BCUT2D eigenvalue weighted by Gasteiger charge is 2.14. The lowest BCUT2D eigenvalue weighted by molar-refractivity contribution is 0.0948. The standard InChI is InChI=1S/C19H18ClN3O2/c1-12-3-5-13(6-4-12)18-14(11-22-23-18)10-21-19(24)16-8-7-15(20)9-17(16)25-2/h3-9,11H,10H2,1-2H3,(H,21,24)(H,22,23). The minimum atomic E-state index is -0.232. The molecule has 25 heavy (non-hydrogen) atoms. The van der Waals surface area contributed by atoms with Gasteiger partial charge in [-0.15, -0.1) is 0 Å². The molecule has 1 heterocycles. The Morgan fingerprint density at radius 3 is 2.72 bits per heavy atom. The second-order valence-electron chi connectivity index (χ2n) is 5.66. The molecule has 0 aliphatic rings. The maximum absolute atomic E-state index is 12.5. The van der Waals surface area contributed by atoms with Gasteiger partial charge in [0.1, 0.15) is 5.75 Å². The second kappa shape index (κ2) is 7.40. The van der Waals surface area contributed by atoms with Crippen molar-refractivity contribution in [2.75, 3.05) is 7.11 Å². The Labute approximate surface area is 151 Å². The van der Waals surface area contributed by atoms with Gasteiger partial charge >= 0.3 is 0 Å². The van der Waals surface area contributed by atoms with Gasteiger partial charge in [0.2, 0.25) is 0 Å². The normalized spacial score (nSPS) is 10.5. The molecule has 6 heteroatoms. The number of carbonyl (C=O) groups is 1. The van der Waals surface area contributed by atoms with Gasteiger partial charge in [0.15, 0.2) is 0 Å². The molecule has 3 aromatic rings. The van der Waals surface area contributed by atoms with E-state index in [2.05, 4.69) is 15.5 Å². The number of amides is 1. The van der Waals surface area contributed by atoms with Crippen LogP contribution in [0, 0.1) is 6.92 Å². The monoisotopic (exact) mass is 355 g/mol. The Kier molecular flexibility index (Phi) is 5.05. The number of rotatable bonds is 5. The average molecular weight is 356 g/mol. The first-order chi connectivity index (χ1) is 12.1. The van der Waals surface area contributed by atoms with Gasteiger partial charge in [-0.25, -0.2) is 0 Å². The first kappa shape index (κ1) is 17.0. The zero-order valence-electron chi connectivity index (χ0n) is 14.0. The van der Waals surface area contributed by atoms with E-state index in [9.17, 15) is 4.79 Å². The molecule has 0 radical (unpaired) electrons. The third kappa shape index (κ3) is 3.83. The zero-order valence-corrected chi connectivity index (χ0v) is 14.7. The molecule has 2 aromatic carbocycles. The number of carbonyl (C=O) groups excluding carboxylic acids is 1. The lowest BCUT2D eigenvalue weighted by atomic mass is 10.1. The van der Waals surface area contributed by atoms with Crippen molar-refractivity contribution in [1.29, 1.82) is 0 Å². The minimum absolute atomic E-state index is 0.232. The van der Waals surface area contributed by atoms with Crippen molar-refractivity contribution in [3.8, 4) is 17.0 Å². The van der Waals surface area contributed by atoms with Gasteiger partial charge in [0.05, 0.1) is 24.6 Å². The first-order valence-corrected chi connectivity index (χ1v) is 8.17. The van der Waals surface area contributed by atoms with Crippen molar-refractivity contribution in [2.45, 2.75) is 13.5 Å². The van der Waals surface area contributed by atoms with Crippen molar-refractivity contribution in [2.24, 2.45) is 0 Å². The van der Waals surface area contributed by atoms with E-state index < -0.39 is 0 Å². The highest BCUT2D eigenvalue weighted by molar-refractivity contribution is 6.30. The smallest absolute Gasteiger partial charge is 0.255 e. The van der Waals surface area contributed by atoms with Crippen molar-refractivity contribution in [3.05, 3.63) is 70.4 Å². The predicted molar refractivity (Wildman–Crippen MR) is 97.9 cm³/mol. The van der Waals surface area contributed by atoms with Gasteiger partial charge in [0, 0.05) is 17.1 Å². The Balaban J connectivity index is 1.76. The summed E-state index contributed by atoms with van der Waals surface area (Å²) in [5, 5.41) is 10.5. The highest BCUT2D eigenvalue weighted by atomic mass is 35.5. The van der Waals surface area contributed by atoms with Crippen LogP contribution in [0.4, 0.5) is 0 Å². The summed E-state index contributed by atoms with van der Waals surface area (Å²) in [5.74, 6) is 0.209. The molecule has 0 unspecified atom stereocenters. The van der Waals surface area contributed by atoms with Crippen molar-refractivity contribution >= 4 is 17.5 Å². The molecule has 1 amide bonds. The van der Waals surface area contributed by atoms with Crippen LogP contribution in [0.15, 0.2) is 48.7 Å². The Bertz CT molecular complexity index is 888. The zero-order chi connectivity index (χ0) is 17.8. The van der Waals surface area contributed by atoms with Gasteiger partial charge in [-0.2, -0.15) is 5.10 Å². The van der Waals surface area contributed by atoms with Crippen LogP contribution in [-0.2, 0) is 6.54 Å². The highest BCUT2D eigenvalue weighted by Crippen LogP contribution is 2.24. The molecule has 0 saturated carbocycles. The number of nitrogens with one attached hydrogen (secondary N) is 2. The first-order valence-electron chi connectivity index (χ1n) is 7.79. The van der Waals surface area contributed by atoms with E-state index in [1.807, 2.05) is 31.2 Å². The minimum Gasteiger partial charge on any atom is -0.496 e. The van der Waals surface area contributed by atoms with Crippen molar-refractivity contribution in [3.63, 3.8) is 0 Å². The Morgan fingerprint density at radius 2 is 2.00 bits per heavy atom. The summed E-state index contributed by atoms with van der Waals surface area (Å²) in [6, 6.07) is 13.0. The van der Waals surface area contributed by atoms with Crippen LogP contribution in [0.25, 0.3) is 11.3 Å². The molecule has 0 aliphatic carbocycles. The number of halogens is 1. The predicted octanol–water partition coefficient (Wildman–Crippen LogP) is 3.98. The molecule has 0 fully saturated rings. The molecule has 0 aliphatic heterocycles. The van der Waals surface area contributed by atoms with E-state index in [1.165, 1.54) is 12.7 Å². The third-order valence-corrected chi connectivity index (χ3v) is 4.14. The fraction of sp³-hybridized carbons (Fsp3) is 0.158. The number of benzene rings is 2. The number of ether oxygens (including phenoxy) is 1. The summed E-state index contributed by atoms with van der Waals surface area (Å²) < 4.78 is 5.22. The average Bonchev–Trinajstić information content (AvgIpc) is 3.08. The SMILES string of the molecule is COc1cc(Cl)ccc1C(=O)NCc1cn[nH]c1-c1ccc(C)cc1. The van der Waals surface area contributed by atoms with Crippen LogP contribution < -0.4 is 10.1 Å². The molecule has 1 aromatic heterocycles. The van der Waals surface area contributed by atoms with Crippen LogP contribution in [0.1, 0.15) is 21.5 Å². The van der Waals surface area contributed by atoms with Crippen LogP contribution in [0.3, 0.4) is 0 Å². The fourth-order valence-electron chi connectivity index (χ4n) is 2.54. The summed E-state index contributed by atoms with van der Waals surface area (Å²) in [6.45, 7) is 2.39. The maximum atomic E-state index is 12.5. The molecule has 3 rings (SSSR count). The summed E-state index contributed by atoms with van der Waals surface area (Å²) in [4.78, 5) is 12.5. The van der Waals surface area contributed by atoms with Crippen LogP contribution >= 0.6 is 11.6 Å². The molecule has 0 spiro atoms. The van der Waals surface area contributed by atoms with Gasteiger partial charge in [-0.05, 0) is 30.7 Å². The van der Waals surface area contributed by atoms with E-state index in [0.29, 0.717) is 22.9 Å². The molecule has 0 atom stereocenters. The molecule has 0 bridgehead atoms. The Morgan fingerprint density at radius 1 is 1.24 bits per heavy atom. The summed E-state index contributed by atoms with van der Waals surface area (Å²) in [6.07, 6.45) is 1.72. The number of hydrogen-bond acceptors (Lipinski definition) is 3. The van der Waals surface area contributed by atoms with Gasteiger partial charge in [-0.1, -0.05) is 41.4 Å². The topological polar surface area (TPSA) is 67.0 Å². The van der Waals surface area contributed by atoms with Crippen LogP contribution in [0.2, 0.25) is 5.02 Å². The van der Waals surface area contributed by atoms with E-state index >= 15 is 0 Å². The number of aryl methyl sites for hydroxylation is 1. The molecular formula is C19H18ClN3O2. The molecule has 2 N–H and O–H groups in total. The van der Waals surface area contributed by atoms with Crippen LogP contribution in [-0.4, -0.2) is 23.2 Å². The summed E-state index contributed by atoms with van der Waals surface area (Å²) in [5.41, 5.74) is 4.45. The van der Waals surface area contributed by atoms with E-state index in [0.717, 1.165) is 16.8 Å². The molecule has 5 nitrogen and oxygen atoms in total. The summed E-state index contributed by atoms with van der Waals surface area (Å²) >= 11 is 5.93. The van der Waals surface area contributed by atoms with Crippen molar-refractivity contribution in [1.82, 2.24) is 15.5 Å². The van der Waals surface area contributed by atoms with Gasteiger partial charge in [0.25, 0.3) is 5.91 Å². The van der Waals surface area contributed by atoms with Crippen LogP contribution in [0.5, 0.6) is 5.75 Å². The number of H-pyrrole nitrogens is 1. The number of hydrogen-bond donors (Lipinski definition) is 2. The van der Waals surface area contributed by atoms with Gasteiger partial charge in [-0.3, -0.25) is 9.89 Å². The number of methoxy groups -OCH3 is 1. The fourth-order valence-corrected chi connectivity index (χ4v) is 2.70. The van der Waals surface area contributed by atoms with Gasteiger partial charge < -0.3 is 10.1 Å².